The molecule has 0 radical (unpaired) electrons. The van der Waals surface area contributed by atoms with Gasteiger partial charge in [-0.15, -0.1) is 12.4 Å². The van der Waals surface area contributed by atoms with Crippen molar-refractivity contribution in [2.45, 2.75) is 49.9 Å². The largest absolute Gasteiger partial charge is 0.497 e. The van der Waals surface area contributed by atoms with Crippen molar-refractivity contribution in [3.63, 3.8) is 0 Å². The highest BCUT2D eigenvalue weighted by atomic mass is 35.5. The molecule has 160 valence electrons. The first-order valence-corrected chi connectivity index (χ1v) is 10.2. The van der Waals surface area contributed by atoms with Crippen molar-refractivity contribution in [2.75, 3.05) is 7.11 Å². The second-order valence-corrected chi connectivity index (χ2v) is 7.86. The van der Waals surface area contributed by atoms with Crippen LogP contribution >= 0.6 is 12.4 Å². The molecule has 2 amide bonds. The monoisotopic (exact) mass is 429 g/mol. The van der Waals surface area contributed by atoms with E-state index in [0.717, 1.165) is 18.4 Å². The maximum Gasteiger partial charge on any atom is 0.252 e. The van der Waals surface area contributed by atoms with Crippen molar-refractivity contribution in [3.8, 4) is 5.75 Å². The van der Waals surface area contributed by atoms with Crippen molar-refractivity contribution >= 4 is 24.2 Å². The molecule has 2 aromatic carbocycles. The van der Waals surface area contributed by atoms with E-state index in [9.17, 15) is 9.59 Å². The van der Waals surface area contributed by atoms with Gasteiger partial charge < -0.3 is 20.7 Å². The van der Waals surface area contributed by atoms with E-state index in [1.165, 1.54) is 12.8 Å². The summed E-state index contributed by atoms with van der Waals surface area (Å²) in [6.07, 6.45) is 4.23. The number of amides is 2. The van der Waals surface area contributed by atoms with Crippen LogP contribution in [0.4, 0.5) is 0 Å². The molecule has 2 aromatic rings. The van der Waals surface area contributed by atoms with Crippen LogP contribution in [-0.4, -0.2) is 37.0 Å². The van der Waals surface area contributed by atoms with Crippen molar-refractivity contribution in [1.82, 2.24) is 16.0 Å². The number of hydrogen-bond acceptors (Lipinski definition) is 4. The molecular formula is C23H28ClN3O3. The van der Waals surface area contributed by atoms with Gasteiger partial charge in [-0.1, -0.05) is 30.3 Å². The van der Waals surface area contributed by atoms with E-state index >= 15 is 0 Å². The molecule has 30 heavy (non-hydrogen) atoms. The van der Waals surface area contributed by atoms with Gasteiger partial charge in [0, 0.05) is 23.7 Å². The van der Waals surface area contributed by atoms with Crippen molar-refractivity contribution in [1.29, 1.82) is 0 Å². The van der Waals surface area contributed by atoms with Gasteiger partial charge in [-0.05, 0) is 55.5 Å². The summed E-state index contributed by atoms with van der Waals surface area (Å²) in [6.45, 7) is 0. The van der Waals surface area contributed by atoms with Crippen LogP contribution < -0.4 is 20.7 Å². The summed E-state index contributed by atoms with van der Waals surface area (Å²) in [5.74, 6) is 0.228. The minimum absolute atomic E-state index is 0. The standard InChI is InChI=1S/C23H27N3O3.ClH/c1-29-20-11-7-16(8-12-20)22(27)26-21(15-5-3-2-4-6-15)23(28)25-19-13-17-9-10-18(14-19)24-17;/h2-8,11-12,17-19,21,24H,9-10,13-14H2,1H3,(H,25,28)(H,26,27);1H. The second-order valence-electron chi connectivity index (χ2n) is 7.86. The van der Waals surface area contributed by atoms with Gasteiger partial charge in [0.2, 0.25) is 5.91 Å². The number of fused-ring (bicyclic) bond motifs is 2. The number of hydrogen-bond donors (Lipinski definition) is 3. The van der Waals surface area contributed by atoms with E-state index in [-0.39, 0.29) is 30.3 Å². The number of carbonyl (C=O) groups is 2. The van der Waals surface area contributed by atoms with Gasteiger partial charge in [-0.3, -0.25) is 9.59 Å². The zero-order valence-electron chi connectivity index (χ0n) is 17.0. The fourth-order valence-electron chi connectivity index (χ4n) is 4.36. The molecule has 0 aliphatic carbocycles. The van der Waals surface area contributed by atoms with Crippen LogP contribution in [0.2, 0.25) is 0 Å². The zero-order valence-corrected chi connectivity index (χ0v) is 17.8. The first-order chi connectivity index (χ1) is 14.1. The Morgan fingerprint density at radius 3 is 2.23 bits per heavy atom. The lowest BCUT2D eigenvalue weighted by atomic mass is 9.98. The average molecular weight is 430 g/mol. The smallest absolute Gasteiger partial charge is 0.252 e. The Hall–Kier alpha value is -2.57. The lowest BCUT2D eigenvalue weighted by molar-refractivity contribution is -0.124. The normalized spacial score (nSPS) is 23.0. The third kappa shape index (κ3) is 5.12. The van der Waals surface area contributed by atoms with E-state index in [2.05, 4.69) is 16.0 Å². The maximum atomic E-state index is 13.1. The van der Waals surface area contributed by atoms with Gasteiger partial charge >= 0.3 is 0 Å². The number of methoxy groups -OCH3 is 1. The van der Waals surface area contributed by atoms with Crippen LogP contribution in [0, 0.1) is 0 Å². The molecule has 2 fully saturated rings. The topological polar surface area (TPSA) is 79.5 Å². The first-order valence-electron chi connectivity index (χ1n) is 10.2. The summed E-state index contributed by atoms with van der Waals surface area (Å²) < 4.78 is 5.14. The van der Waals surface area contributed by atoms with E-state index in [4.69, 9.17) is 4.74 Å². The van der Waals surface area contributed by atoms with Crippen LogP contribution in [0.5, 0.6) is 5.75 Å². The molecule has 3 N–H and O–H groups in total. The Balaban J connectivity index is 0.00000256. The van der Waals surface area contributed by atoms with Gasteiger partial charge in [-0.2, -0.15) is 0 Å². The maximum absolute atomic E-state index is 13.1. The van der Waals surface area contributed by atoms with E-state index in [1.807, 2.05) is 30.3 Å². The number of ether oxygens (including phenoxy) is 1. The number of halogens is 1. The lowest BCUT2D eigenvalue weighted by Crippen LogP contribution is -2.50. The molecule has 3 unspecified atom stereocenters. The predicted molar refractivity (Wildman–Crippen MR) is 118 cm³/mol. The fraction of sp³-hybridized carbons (Fsp3) is 0.391. The molecule has 3 atom stereocenters. The predicted octanol–water partition coefficient (Wildman–Crippen LogP) is 2.99. The fourth-order valence-corrected chi connectivity index (χ4v) is 4.36. The molecule has 7 heteroatoms. The Morgan fingerprint density at radius 2 is 1.63 bits per heavy atom. The van der Waals surface area contributed by atoms with Crippen LogP contribution in [0.3, 0.4) is 0 Å². The Kier molecular flexibility index (Phi) is 7.34. The van der Waals surface area contributed by atoms with Gasteiger partial charge in [0.05, 0.1) is 7.11 Å². The van der Waals surface area contributed by atoms with Gasteiger partial charge in [0.1, 0.15) is 11.8 Å². The number of nitrogens with one attached hydrogen (secondary N) is 3. The molecule has 2 aliphatic heterocycles. The highest BCUT2D eigenvalue weighted by Crippen LogP contribution is 2.27. The van der Waals surface area contributed by atoms with E-state index in [0.29, 0.717) is 23.4 Å². The van der Waals surface area contributed by atoms with Crippen LogP contribution in [0.25, 0.3) is 0 Å². The highest BCUT2D eigenvalue weighted by molar-refractivity contribution is 5.98. The minimum atomic E-state index is -0.738. The molecule has 0 spiro atoms. The Morgan fingerprint density at radius 1 is 1.00 bits per heavy atom. The molecule has 2 aliphatic rings. The van der Waals surface area contributed by atoms with E-state index < -0.39 is 6.04 Å². The van der Waals surface area contributed by atoms with Gasteiger partial charge in [0.25, 0.3) is 5.91 Å². The molecule has 0 saturated carbocycles. The first kappa shape index (κ1) is 22.1. The van der Waals surface area contributed by atoms with Gasteiger partial charge in [0.15, 0.2) is 0 Å². The quantitative estimate of drug-likeness (QED) is 0.659. The number of rotatable bonds is 6. The summed E-state index contributed by atoms with van der Waals surface area (Å²) >= 11 is 0. The number of carbonyl (C=O) groups excluding carboxylic acids is 2. The van der Waals surface area contributed by atoms with Crippen molar-refractivity contribution in [3.05, 3.63) is 65.7 Å². The summed E-state index contributed by atoms with van der Waals surface area (Å²) in [4.78, 5) is 25.9. The summed E-state index contributed by atoms with van der Waals surface area (Å²) in [5.41, 5.74) is 1.25. The van der Waals surface area contributed by atoms with Crippen LogP contribution in [0.15, 0.2) is 54.6 Å². The minimum Gasteiger partial charge on any atom is -0.497 e. The zero-order chi connectivity index (χ0) is 20.2. The Bertz CT molecular complexity index is 848. The number of benzene rings is 2. The SMILES string of the molecule is COc1ccc(C(=O)NC(C(=O)NC2CC3CCC(C2)N3)c2ccccc2)cc1.Cl. The summed E-state index contributed by atoms with van der Waals surface area (Å²) in [6, 6.07) is 16.6. The summed E-state index contributed by atoms with van der Waals surface area (Å²) in [7, 11) is 1.58. The second kappa shape index (κ2) is 9.96. The molecular weight excluding hydrogens is 402 g/mol. The third-order valence-corrected chi connectivity index (χ3v) is 5.84. The van der Waals surface area contributed by atoms with Crippen LogP contribution in [-0.2, 0) is 4.79 Å². The highest BCUT2D eigenvalue weighted by Gasteiger charge is 2.35. The third-order valence-electron chi connectivity index (χ3n) is 5.84. The number of piperidine rings is 1. The summed E-state index contributed by atoms with van der Waals surface area (Å²) in [5, 5.41) is 9.67. The average Bonchev–Trinajstić information content (AvgIpc) is 3.10. The molecule has 6 nitrogen and oxygen atoms in total. The lowest BCUT2D eigenvalue weighted by Gasteiger charge is -2.31. The molecule has 4 rings (SSSR count). The van der Waals surface area contributed by atoms with Crippen LogP contribution in [0.1, 0.15) is 47.6 Å². The molecule has 2 heterocycles. The van der Waals surface area contributed by atoms with E-state index in [1.54, 1.807) is 31.4 Å². The molecule has 0 aromatic heterocycles. The molecule has 2 bridgehead atoms. The van der Waals surface area contributed by atoms with Crippen molar-refractivity contribution in [2.24, 2.45) is 0 Å². The Labute approximate surface area is 183 Å². The molecule has 2 saturated heterocycles. The van der Waals surface area contributed by atoms with Gasteiger partial charge in [-0.25, -0.2) is 0 Å². The van der Waals surface area contributed by atoms with Crippen molar-refractivity contribution < 1.29 is 14.3 Å².